The number of amides is 1. The van der Waals surface area contributed by atoms with E-state index in [1.807, 2.05) is 0 Å². The molecule has 3 N–H and O–H groups in total. The molecule has 0 bridgehead atoms. The summed E-state index contributed by atoms with van der Waals surface area (Å²) in [5, 5.41) is 2.81. The summed E-state index contributed by atoms with van der Waals surface area (Å²) < 4.78 is 7.12. The van der Waals surface area contributed by atoms with Crippen molar-refractivity contribution in [3.8, 4) is 5.75 Å². The summed E-state index contributed by atoms with van der Waals surface area (Å²) in [6.07, 6.45) is 0. The molecule has 110 valence electrons. The Balaban J connectivity index is 2.07. The monoisotopic (exact) mass is 448 g/mol. The minimum atomic E-state index is -0.183. The number of halogens is 2. The minimum absolute atomic E-state index is 0.164. The number of hydrogen-bond donors (Lipinski definition) is 2. The third-order valence-corrected chi connectivity index (χ3v) is 5.71. The summed E-state index contributed by atoms with van der Waals surface area (Å²) in [5.41, 5.74) is 6.02. The van der Waals surface area contributed by atoms with Gasteiger partial charge in [-0.05, 0) is 50.1 Å². The van der Waals surface area contributed by atoms with Crippen LogP contribution in [0.5, 0.6) is 5.75 Å². The van der Waals surface area contributed by atoms with E-state index in [0.717, 1.165) is 8.26 Å². The van der Waals surface area contributed by atoms with Crippen molar-refractivity contribution in [1.82, 2.24) is 0 Å². The number of carbonyl (C=O) groups is 1. The normalized spacial score (nSPS) is 10.2. The number of anilines is 1. The first-order chi connectivity index (χ1) is 9.95. The first kappa shape index (κ1) is 16.4. The molecule has 0 saturated heterocycles. The third-order valence-electron chi connectivity index (χ3n) is 2.34. The molecule has 0 radical (unpaired) electrons. The van der Waals surface area contributed by atoms with Crippen molar-refractivity contribution in [3.63, 3.8) is 0 Å². The van der Waals surface area contributed by atoms with E-state index in [1.54, 1.807) is 30.3 Å². The lowest BCUT2D eigenvalue weighted by Gasteiger charge is -2.08. The number of thiophene rings is 1. The van der Waals surface area contributed by atoms with Crippen molar-refractivity contribution in [2.75, 3.05) is 11.9 Å². The predicted molar refractivity (Wildman–Crippen MR) is 96.4 cm³/mol. The maximum atomic E-state index is 12.1. The van der Waals surface area contributed by atoms with E-state index in [-0.39, 0.29) is 17.5 Å². The van der Waals surface area contributed by atoms with Crippen molar-refractivity contribution in [2.45, 2.75) is 0 Å². The molecule has 0 saturated carbocycles. The number of hydrogen-bond acceptors (Lipinski definition) is 4. The van der Waals surface area contributed by atoms with Crippen LogP contribution in [0, 0.1) is 0 Å². The average Bonchev–Trinajstić information content (AvgIpc) is 2.77. The van der Waals surface area contributed by atoms with Gasteiger partial charge in [0.25, 0.3) is 5.91 Å². The molecule has 2 rings (SSSR count). The van der Waals surface area contributed by atoms with Crippen molar-refractivity contribution in [2.24, 2.45) is 5.73 Å². The van der Waals surface area contributed by atoms with Gasteiger partial charge < -0.3 is 15.8 Å². The van der Waals surface area contributed by atoms with Gasteiger partial charge in [-0.1, -0.05) is 18.3 Å². The zero-order chi connectivity index (χ0) is 15.4. The van der Waals surface area contributed by atoms with Crippen LogP contribution in [-0.2, 0) is 0 Å². The van der Waals surface area contributed by atoms with Crippen molar-refractivity contribution in [1.29, 1.82) is 0 Å². The lowest BCUT2D eigenvalue weighted by atomic mass is 10.3. The predicted octanol–water partition coefficient (Wildman–Crippen LogP) is 4.19. The van der Waals surface area contributed by atoms with Crippen LogP contribution < -0.4 is 15.8 Å². The zero-order valence-electron chi connectivity index (χ0n) is 10.6. The van der Waals surface area contributed by atoms with E-state index in [1.165, 1.54) is 11.3 Å². The number of benzene rings is 1. The fraction of sp³-hybridized carbons (Fsp3) is 0.0769. The van der Waals surface area contributed by atoms with Gasteiger partial charge in [0.2, 0.25) is 0 Å². The highest BCUT2D eigenvalue weighted by Gasteiger charge is 2.12. The minimum Gasteiger partial charge on any atom is -0.486 e. The first-order valence-electron chi connectivity index (χ1n) is 5.73. The molecule has 0 aliphatic heterocycles. The zero-order valence-corrected chi connectivity index (χ0v) is 15.4. The SMILES string of the molecule is NC(=S)COc1cccc(NC(=O)c2cc(Br)c(Br)s2)c1. The Bertz CT molecular complexity index is 669. The Hall–Kier alpha value is -0.960. The first-order valence-corrected chi connectivity index (χ1v) is 8.54. The van der Waals surface area contributed by atoms with Crippen molar-refractivity contribution >= 4 is 72.0 Å². The number of ether oxygens (including phenoxy) is 1. The van der Waals surface area contributed by atoms with Gasteiger partial charge in [0.1, 0.15) is 17.3 Å². The summed E-state index contributed by atoms with van der Waals surface area (Å²) in [5.74, 6) is 0.409. The Labute approximate surface area is 147 Å². The molecule has 0 unspecified atom stereocenters. The van der Waals surface area contributed by atoms with Crippen LogP contribution in [0.2, 0.25) is 0 Å². The number of nitrogens with two attached hydrogens (primary N) is 1. The van der Waals surface area contributed by atoms with Crippen molar-refractivity contribution in [3.05, 3.63) is 43.5 Å². The molecule has 2 aromatic rings. The molecular weight excluding hydrogens is 440 g/mol. The lowest BCUT2D eigenvalue weighted by Crippen LogP contribution is -2.18. The highest BCUT2D eigenvalue weighted by Crippen LogP contribution is 2.32. The van der Waals surface area contributed by atoms with Gasteiger partial charge in [0, 0.05) is 16.2 Å². The Morgan fingerprint density at radius 2 is 2.14 bits per heavy atom. The standard InChI is InChI=1S/C13H10Br2N2O2S2/c14-9-5-10(21-12(9)15)13(18)17-7-2-1-3-8(4-7)19-6-11(16)20/h1-5H,6H2,(H2,16,20)(H,17,18). The van der Waals surface area contributed by atoms with Gasteiger partial charge in [-0.15, -0.1) is 11.3 Å². The molecule has 1 aromatic carbocycles. The molecule has 21 heavy (non-hydrogen) atoms. The number of nitrogens with one attached hydrogen (secondary N) is 1. The summed E-state index contributed by atoms with van der Waals surface area (Å²) >= 11 is 12.8. The van der Waals surface area contributed by atoms with E-state index in [0.29, 0.717) is 16.3 Å². The largest absolute Gasteiger partial charge is 0.486 e. The van der Waals surface area contributed by atoms with Crippen LogP contribution in [0.25, 0.3) is 0 Å². The second-order valence-electron chi connectivity index (χ2n) is 3.97. The molecule has 0 fully saturated rings. The molecule has 0 aliphatic carbocycles. The number of carbonyl (C=O) groups excluding carboxylic acids is 1. The fourth-order valence-corrected chi connectivity index (χ4v) is 3.46. The fourth-order valence-electron chi connectivity index (χ4n) is 1.47. The molecule has 1 amide bonds. The van der Waals surface area contributed by atoms with E-state index in [2.05, 4.69) is 37.2 Å². The van der Waals surface area contributed by atoms with Crippen LogP contribution in [0.1, 0.15) is 9.67 Å². The van der Waals surface area contributed by atoms with Gasteiger partial charge >= 0.3 is 0 Å². The molecule has 1 heterocycles. The molecule has 0 aliphatic rings. The third kappa shape index (κ3) is 4.77. The summed E-state index contributed by atoms with van der Waals surface area (Å²) in [6, 6.07) is 8.81. The molecule has 0 spiro atoms. The van der Waals surface area contributed by atoms with Crippen LogP contribution in [0.15, 0.2) is 38.6 Å². The Morgan fingerprint density at radius 1 is 1.38 bits per heavy atom. The lowest BCUT2D eigenvalue weighted by molar-refractivity contribution is 0.103. The average molecular weight is 450 g/mol. The number of rotatable bonds is 5. The van der Waals surface area contributed by atoms with Crippen LogP contribution in [0.3, 0.4) is 0 Å². The van der Waals surface area contributed by atoms with E-state index >= 15 is 0 Å². The quantitative estimate of drug-likeness (QED) is 0.671. The molecule has 4 nitrogen and oxygen atoms in total. The molecular formula is C13H10Br2N2O2S2. The van der Waals surface area contributed by atoms with Crippen LogP contribution in [0.4, 0.5) is 5.69 Å². The second-order valence-corrected chi connectivity index (χ2v) is 7.72. The van der Waals surface area contributed by atoms with Gasteiger partial charge in [-0.25, -0.2) is 0 Å². The summed E-state index contributed by atoms with van der Waals surface area (Å²) in [6.45, 7) is 0.164. The second kappa shape index (κ2) is 7.35. The maximum absolute atomic E-state index is 12.1. The van der Waals surface area contributed by atoms with E-state index in [4.69, 9.17) is 22.7 Å². The highest BCUT2D eigenvalue weighted by atomic mass is 79.9. The summed E-state index contributed by atoms with van der Waals surface area (Å²) in [4.78, 5) is 13.0. The van der Waals surface area contributed by atoms with Crippen LogP contribution >= 0.6 is 55.4 Å². The van der Waals surface area contributed by atoms with Gasteiger partial charge in [-0.3, -0.25) is 4.79 Å². The summed E-state index contributed by atoms with van der Waals surface area (Å²) in [7, 11) is 0. The molecule has 1 aromatic heterocycles. The number of thiocarbonyl (C=S) groups is 1. The van der Waals surface area contributed by atoms with Gasteiger partial charge in [0.15, 0.2) is 0 Å². The van der Waals surface area contributed by atoms with Gasteiger partial charge in [0.05, 0.1) is 8.66 Å². The Kier molecular flexibility index (Phi) is 5.74. The van der Waals surface area contributed by atoms with Crippen molar-refractivity contribution < 1.29 is 9.53 Å². The topological polar surface area (TPSA) is 64.3 Å². The highest BCUT2D eigenvalue weighted by molar-refractivity contribution is 9.13. The van der Waals surface area contributed by atoms with Gasteiger partial charge in [-0.2, -0.15) is 0 Å². The maximum Gasteiger partial charge on any atom is 0.265 e. The van der Waals surface area contributed by atoms with Crippen LogP contribution in [-0.4, -0.2) is 17.5 Å². The van der Waals surface area contributed by atoms with E-state index < -0.39 is 0 Å². The smallest absolute Gasteiger partial charge is 0.265 e. The Morgan fingerprint density at radius 3 is 2.76 bits per heavy atom. The van der Waals surface area contributed by atoms with E-state index in [9.17, 15) is 4.79 Å². The molecule has 0 atom stereocenters. The molecule has 8 heteroatoms.